The summed E-state index contributed by atoms with van der Waals surface area (Å²) in [5.41, 5.74) is 2.12. The Morgan fingerprint density at radius 1 is 1.26 bits per heavy atom. The topological polar surface area (TPSA) is 89.6 Å². The van der Waals surface area contributed by atoms with E-state index in [1.807, 2.05) is 48.7 Å². The maximum absolute atomic E-state index is 12.7. The molecular formula is C22H21N3O4S2. The minimum Gasteiger partial charge on any atom is -0.490 e. The predicted molar refractivity (Wildman–Crippen MR) is 123 cm³/mol. The first-order valence-electron chi connectivity index (χ1n) is 9.73. The van der Waals surface area contributed by atoms with Gasteiger partial charge in [0.05, 0.1) is 29.3 Å². The fraction of sp³-hybridized carbons (Fsp3) is 0.227. The first-order valence-corrected chi connectivity index (χ1v) is 11.4. The standard InChI is InChI=1S/C22H21N3O4S2/c1-3-28-18-6-4-5-14-9-15(11-29-20(14)18)21(27)25-22-24-17(12-30-22)19-8-7-16(31-19)10-23-13(2)26/h4-9,12H,3,10-11H2,1-2H3,(H,23,26)(H,24,25,27). The summed E-state index contributed by atoms with van der Waals surface area (Å²) in [7, 11) is 0. The van der Waals surface area contributed by atoms with Gasteiger partial charge in [0.2, 0.25) is 5.91 Å². The average molecular weight is 456 g/mol. The van der Waals surface area contributed by atoms with Crippen molar-refractivity contribution < 1.29 is 19.1 Å². The summed E-state index contributed by atoms with van der Waals surface area (Å²) in [5, 5.41) is 8.06. The third-order valence-electron chi connectivity index (χ3n) is 4.45. The van der Waals surface area contributed by atoms with Gasteiger partial charge in [-0.2, -0.15) is 0 Å². The maximum Gasteiger partial charge on any atom is 0.256 e. The SMILES string of the molecule is CCOc1cccc2c1OCC(C(=O)Nc1nc(-c3ccc(CNC(C)=O)s3)cs1)=C2. The second-order valence-electron chi connectivity index (χ2n) is 6.73. The largest absolute Gasteiger partial charge is 0.490 e. The minimum atomic E-state index is -0.245. The zero-order valence-electron chi connectivity index (χ0n) is 17.1. The number of hydrogen-bond acceptors (Lipinski definition) is 7. The van der Waals surface area contributed by atoms with Gasteiger partial charge < -0.3 is 14.8 Å². The molecule has 7 nitrogen and oxygen atoms in total. The third-order valence-corrected chi connectivity index (χ3v) is 6.32. The average Bonchev–Trinajstić information content (AvgIpc) is 3.42. The van der Waals surface area contributed by atoms with Crippen LogP contribution in [-0.2, 0) is 16.1 Å². The van der Waals surface area contributed by atoms with E-state index in [2.05, 4.69) is 15.6 Å². The van der Waals surface area contributed by atoms with Gasteiger partial charge in [0.15, 0.2) is 16.6 Å². The summed E-state index contributed by atoms with van der Waals surface area (Å²) < 4.78 is 11.4. The Morgan fingerprint density at radius 3 is 2.94 bits per heavy atom. The highest BCUT2D eigenvalue weighted by Gasteiger charge is 2.21. The number of para-hydroxylation sites is 1. The maximum atomic E-state index is 12.7. The van der Waals surface area contributed by atoms with Crippen LogP contribution in [0.15, 0.2) is 41.3 Å². The Hall–Kier alpha value is -3.17. The molecule has 0 aliphatic carbocycles. The Bertz CT molecular complexity index is 1150. The van der Waals surface area contributed by atoms with Gasteiger partial charge in [-0.1, -0.05) is 12.1 Å². The van der Waals surface area contributed by atoms with E-state index in [0.717, 1.165) is 21.0 Å². The summed E-state index contributed by atoms with van der Waals surface area (Å²) in [6, 6.07) is 9.54. The number of anilines is 1. The van der Waals surface area contributed by atoms with Crippen molar-refractivity contribution >= 4 is 45.7 Å². The first kappa shape index (κ1) is 21.1. The fourth-order valence-corrected chi connectivity index (χ4v) is 4.71. The molecular weight excluding hydrogens is 434 g/mol. The number of rotatable bonds is 7. The predicted octanol–water partition coefficient (Wildman–Crippen LogP) is 4.32. The third kappa shape index (κ3) is 4.95. The highest BCUT2D eigenvalue weighted by Crippen LogP contribution is 2.36. The lowest BCUT2D eigenvalue weighted by atomic mass is 10.1. The van der Waals surface area contributed by atoms with Crippen molar-refractivity contribution in [3.63, 3.8) is 0 Å². The van der Waals surface area contributed by atoms with E-state index in [4.69, 9.17) is 9.47 Å². The van der Waals surface area contributed by atoms with E-state index < -0.39 is 0 Å². The number of carbonyl (C=O) groups excluding carboxylic acids is 2. The summed E-state index contributed by atoms with van der Waals surface area (Å²) in [6.45, 7) is 4.61. The second-order valence-corrected chi connectivity index (χ2v) is 8.76. The number of hydrogen-bond donors (Lipinski definition) is 2. The molecule has 3 heterocycles. The van der Waals surface area contributed by atoms with Crippen molar-refractivity contribution in [2.24, 2.45) is 0 Å². The van der Waals surface area contributed by atoms with E-state index >= 15 is 0 Å². The van der Waals surface area contributed by atoms with Crippen LogP contribution in [0.1, 0.15) is 24.3 Å². The van der Waals surface area contributed by atoms with Crippen LogP contribution in [0.3, 0.4) is 0 Å². The number of carbonyl (C=O) groups is 2. The van der Waals surface area contributed by atoms with E-state index in [9.17, 15) is 9.59 Å². The van der Waals surface area contributed by atoms with Gasteiger partial charge >= 0.3 is 0 Å². The Labute approximate surface area is 187 Å². The lowest BCUT2D eigenvalue weighted by Gasteiger charge is -2.19. The Balaban J connectivity index is 1.44. The minimum absolute atomic E-state index is 0.0636. The summed E-state index contributed by atoms with van der Waals surface area (Å²) in [4.78, 5) is 30.3. The van der Waals surface area contributed by atoms with Gasteiger partial charge in [0.1, 0.15) is 6.61 Å². The van der Waals surface area contributed by atoms with Crippen molar-refractivity contribution in [3.8, 4) is 22.1 Å². The summed E-state index contributed by atoms with van der Waals surface area (Å²) >= 11 is 2.92. The molecule has 4 rings (SSSR count). The molecule has 1 aliphatic rings. The molecule has 2 aromatic heterocycles. The summed E-state index contributed by atoms with van der Waals surface area (Å²) in [5.74, 6) is 1.02. The molecule has 31 heavy (non-hydrogen) atoms. The number of nitrogens with zero attached hydrogens (tertiary/aromatic N) is 1. The molecule has 0 radical (unpaired) electrons. The van der Waals surface area contributed by atoms with Crippen LogP contribution in [0.4, 0.5) is 5.13 Å². The van der Waals surface area contributed by atoms with E-state index in [1.165, 1.54) is 18.3 Å². The Morgan fingerprint density at radius 2 is 2.13 bits per heavy atom. The molecule has 2 N–H and O–H groups in total. The van der Waals surface area contributed by atoms with E-state index in [1.54, 1.807) is 11.3 Å². The molecule has 0 fully saturated rings. The van der Waals surface area contributed by atoms with Crippen LogP contribution < -0.4 is 20.1 Å². The number of nitrogens with one attached hydrogen (secondary N) is 2. The lowest BCUT2D eigenvalue weighted by Crippen LogP contribution is -2.21. The van der Waals surface area contributed by atoms with E-state index in [-0.39, 0.29) is 18.4 Å². The molecule has 9 heteroatoms. The second kappa shape index (κ2) is 9.32. The number of thiazole rings is 1. The number of amides is 2. The smallest absolute Gasteiger partial charge is 0.256 e. The molecule has 1 aromatic carbocycles. The zero-order chi connectivity index (χ0) is 21.8. The van der Waals surface area contributed by atoms with Crippen LogP contribution in [0.25, 0.3) is 16.6 Å². The molecule has 0 bridgehead atoms. The molecule has 0 saturated heterocycles. The normalized spacial score (nSPS) is 12.4. The van der Waals surface area contributed by atoms with Crippen molar-refractivity contribution in [1.29, 1.82) is 0 Å². The van der Waals surface area contributed by atoms with Crippen LogP contribution in [0, 0.1) is 0 Å². The Kier molecular flexibility index (Phi) is 6.34. The van der Waals surface area contributed by atoms with Gasteiger partial charge in [0, 0.05) is 22.7 Å². The summed E-state index contributed by atoms with van der Waals surface area (Å²) in [6.07, 6.45) is 1.82. The highest BCUT2D eigenvalue weighted by atomic mass is 32.1. The number of ether oxygens (including phenoxy) is 2. The van der Waals surface area contributed by atoms with Crippen molar-refractivity contribution in [2.75, 3.05) is 18.5 Å². The molecule has 0 spiro atoms. The molecule has 0 atom stereocenters. The van der Waals surface area contributed by atoms with E-state index in [0.29, 0.717) is 35.4 Å². The van der Waals surface area contributed by atoms with Crippen LogP contribution in [0.5, 0.6) is 11.5 Å². The first-order chi connectivity index (χ1) is 15.0. The zero-order valence-corrected chi connectivity index (χ0v) is 18.7. The monoisotopic (exact) mass is 455 g/mol. The van der Waals surface area contributed by atoms with Gasteiger partial charge in [-0.05, 0) is 31.2 Å². The molecule has 160 valence electrons. The van der Waals surface area contributed by atoms with Crippen LogP contribution in [0.2, 0.25) is 0 Å². The highest BCUT2D eigenvalue weighted by molar-refractivity contribution is 7.17. The molecule has 3 aromatic rings. The van der Waals surface area contributed by atoms with Crippen molar-refractivity contribution in [3.05, 3.63) is 51.7 Å². The van der Waals surface area contributed by atoms with Crippen LogP contribution in [-0.4, -0.2) is 30.0 Å². The number of aromatic nitrogens is 1. The molecule has 1 aliphatic heterocycles. The van der Waals surface area contributed by atoms with Crippen LogP contribution >= 0.6 is 22.7 Å². The quantitative estimate of drug-likeness (QED) is 0.554. The molecule has 0 saturated carbocycles. The van der Waals surface area contributed by atoms with Gasteiger partial charge in [-0.15, -0.1) is 22.7 Å². The van der Waals surface area contributed by atoms with Crippen molar-refractivity contribution in [1.82, 2.24) is 10.3 Å². The van der Waals surface area contributed by atoms with Gasteiger partial charge in [0.25, 0.3) is 5.91 Å². The molecule has 0 unspecified atom stereocenters. The molecule has 2 amide bonds. The number of fused-ring (bicyclic) bond motifs is 1. The van der Waals surface area contributed by atoms with Gasteiger partial charge in [-0.3, -0.25) is 14.9 Å². The number of benzene rings is 1. The van der Waals surface area contributed by atoms with Gasteiger partial charge in [-0.25, -0.2) is 4.98 Å². The fourth-order valence-electron chi connectivity index (χ4n) is 3.02. The number of thiophene rings is 1. The van der Waals surface area contributed by atoms with Crippen molar-refractivity contribution in [2.45, 2.75) is 20.4 Å². The lowest BCUT2D eigenvalue weighted by molar-refractivity contribution is -0.119.